The highest BCUT2D eigenvalue weighted by Gasteiger charge is 2.58. The molecule has 0 radical (unpaired) electrons. The molecular formula is C23H40O29S4. The molecule has 0 bridgehead atoms. The van der Waals surface area contributed by atoms with E-state index in [-0.39, 0.29) is 0 Å². The van der Waals surface area contributed by atoms with Crippen molar-refractivity contribution in [2.45, 2.75) is 92.1 Å². The number of carbonyl (C=O) groups is 1. The smallest absolute Gasteiger partial charge is 0.397 e. The lowest BCUT2D eigenvalue weighted by Gasteiger charge is -2.49. The molecule has 0 aromatic rings. The maximum absolute atomic E-state index is 12.7. The summed E-state index contributed by atoms with van der Waals surface area (Å²) in [6.45, 7) is -2.29. The van der Waals surface area contributed by atoms with Gasteiger partial charge in [0.05, 0.1) is 13.2 Å². The fraction of sp³-hybridized carbons (Fsp3) is 0.957. The molecule has 3 saturated heterocycles. The molecule has 0 aromatic carbocycles. The van der Waals surface area contributed by atoms with Gasteiger partial charge in [0.1, 0.15) is 61.0 Å². The summed E-state index contributed by atoms with van der Waals surface area (Å²) in [7, 11) is -16.2. The van der Waals surface area contributed by atoms with Crippen LogP contribution in [0.2, 0.25) is 0 Å². The van der Waals surface area contributed by atoms with Crippen LogP contribution < -0.4 is 0 Å². The molecule has 15 atom stereocenters. The molecule has 3 aliphatic heterocycles. The third-order valence-corrected chi connectivity index (χ3v) is 9.91. The predicted octanol–water partition coefficient (Wildman–Crippen LogP) is -4.90. The number of carboxylic acid groups (broad SMARTS) is 1. The highest BCUT2D eigenvalue weighted by molar-refractivity contribution is 7.81. The second kappa shape index (κ2) is 19.7. The number of aliphatic hydroxyl groups is 1. The summed E-state index contributed by atoms with van der Waals surface area (Å²) in [6.07, 6.45) is -29.1. The molecule has 330 valence electrons. The van der Waals surface area contributed by atoms with Gasteiger partial charge in [0.2, 0.25) is 0 Å². The van der Waals surface area contributed by atoms with E-state index in [1.807, 2.05) is 0 Å². The zero-order chi connectivity index (χ0) is 42.6. The monoisotopic (exact) mass is 908 g/mol. The zero-order valence-corrected chi connectivity index (χ0v) is 32.5. The van der Waals surface area contributed by atoms with Crippen LogP contribution in [0.3, 0.4) is 0 Å². The molecule has 0 amide bonds. The maximum atomic E-state index is 12.7. The summed E-state index contributed by atoms with van der Waals surface area (Å²) >= 11 is 0. The summed E-state index contributed by atoms with van der Waals surface area (Å²) in [6, 6.07) is 0. The van der Waals surface area contributed by atoms with Gasteiger partial charge in [-0.2, -0.15) is 33.7 Å². The normalized spacial score (nSPS) is 37.6. The van der Waals surface area contributed by atoms with Crippen molar-refractivity contribution in [3.8, 4) is 0 Å². The summed E-state index contributed by atoms with van der Waals surface area (Å²) in [5, 5.41) is 20.7. The van der Waals surface area contributed by atoms with Gasteiger partial charge >= 0.3 is 47.6 Å². The minimum atomic E-state index is -5.72. The van der Waals surface area contributed by atoms with Gasteiger partial charge in [-0.15, -0.1) is 0 Å². The Bertz CT molecular complexity index is 1740. The van der Waals surface area contributed by atoms with E-state index in [9.17, 15) is 57.8 Å². The number of aliphatic carboxylic acids is 1. The highest BCUT2D eigenvalue weighted by atomic mass is 32.3. The summed E-state index contributed by atoms with van der Waals surface area (Å²) in [5.74, 6) is -1.84. The molecule has 33 heteroatoms. The quantitative estimate of drug-likeness (QED) is 0.0624. The third-order valence-electron chi connectivity index (χ3n) is 8.11. The number of rotatable bonds is 20. The molecule has 0 spiro atoms. The van der Waals surface area contributed by atoms with Crippen LogP contribution >= 0.6 is 0 Å². The molecule has 0 saturated carbocycles. The largest absolute Gasteiger partial charge is 0.479 e. The number of aliphatic hydroxyl groups excluding tert-OH is 1. The number of carboxylic acids is 1. The molecule has 3 aliphatic rings. The molecule has 0 aromatic heterocycles. The van der Waals surface area contributed by atoms with Gasteiger partial charge < -0.3 is 57.6 Å². The molecule has 3 heterocycles. The van der Waals surface area contributed by atoms with Crippen molar-refractivity contribution < 1.29 is 131 Å². The van der Waals surface area contributed by atoms with Crippen LogP contribution in [0.4, 0.5) is 0 Å². The lowest BCUT2D eigenvalue weighted by Crippen LogP contribution is -2.68. The fourth-order valence-electron chi connectivity index (χ4n) is 6.01. The van der Waals surface area contributed by atoms with Crippen molar-refractivity contribution >= 4 is 47.6 Å². The first kappa shape index (κ1) is 48.9. The van der Waals surface area contributed by atoms with Gasteiger partial charge in [0.25, 0.3) is 0 Å². The Labute approximate surface area is 318 Å². The Balaban J connectivity index is 2.08. The number of methoxy groups -OCH3 is 5. The summed E-state index contributed by atoms with van der Waals surface area (Å²) in [4.78, 5) is 12.7. The van der Waals surface area contributed by atoms with E-state index in [2.05, 4.69) is 16.7 Å². The Morgan fingerprint density at radius 3 is 1.30 bits per heavy atom. The number of hydrogen-bond donors (Lipinski definition) is 6. The average Bonchev–Trinajstić information content (AvgIpc) is 3.06. The summed E-state index contributed by atoms with van der Waals surface area (Å²) in [5.41, 5.74) is 0. The lowest BCUT2D eigenvalue weighted by molar-refractivity contribution is -0.376. The third kappa shape index (κ3) is 13.3. The lowest BCUT2D eigenvalue weighted by atomic mass is 9.95. The second-order valence-corrected chi connectivity index (χ2v) is 15.8. The second-order valence-electron chi connectivity index (χ2n) is 11.5. The van der Waals surface area contributed by atoms with Gasteiger partial charge in [-0.3, -0.25) is 18.2 Å². The first-order chi connectivity index (χ1) is 25.8. The van der Waals surface area contributed by atoms with Crippen molar-refractivity contribution in [1.29, 1.82) is 0 Å². The minimum Gasteiger partial charge on any atom is -0.479 e. The van der Waals surface area contributed by atoms with E-state index in [1.165, 1.54) is 14.2 Å². The average molecular weight is 909 g/mol. The van der Waals surface area contributed by atoms with Crippen molar-refractivity contribution in [2.75, 3.05) is 48.8 Å². The van der Waals surface area contributed by atoms with E-state index in [0.29, 0.717) is 0 Å². The zero-order valence-electron chi connectivity index (χ0n) is 29.3. The van der Waals surface area contributed by atoms with E-state index in [4.69, 9.17) is 56.5 Å². The molecule has 3 fully saturated rings. The fourth-order valence-corrected chi connectivity index (χ4v) is 7.61. The molecule has 29 nitrogen and oxygen atoms in total. The first-order valence-electron chi connectivity index (χ1n) is 15.1. The van der Waals surface area contributed by atoms with Crippen LogP contribution in [0.5, 0.6) is 0 Å². The van der Waals surface area contributed by atoms with E-state index in [0.717, 1.165) is 21.3 Å². The Morgan fingerprint density at radius 2 is 0.893 bits per heavy atom. The molecule has 0 unspecified atom stereocenters. The van der Waals surface area contributed by atoms with Crippen LogP contribution in [-0.4, -0.2) is 209 Å². The standard InChI is InChI=1S/C23H40O29S4/c1-39-10-8(6-44-53(27,28)29)47-22(18(42-4)12(10)40-2)49-14-13(41-3)19(43-5)23(50-16(14)20(24)25)48-11-9(7-45-54(30,31)32)46-21(26)17(52-56(36,37)38)15(11)51-55(33,34)35/h8-19,21-23,26H,6-7H2,1-5H3,(H,24,25)(H,27,28,29)(H,30,31,32)(H,33,34,35)(H,36,37,38)/t8-,9-,10-,11-,12+,13+,14+,15+,16+,17-,18-,19-,21+,22-,23-/m1/s1. The van der Waals surface area contributed by atoms with Crippen molar-refractivity contribution in [1.82, 2.24) is 0 Å². The van der Waals surface area contributed by atoms with Crippen molar-refractivity contribution in [2.24, 2.45) is 0 Å². The molecule has 0 aliphatic carbocycles. The van der Waals surface area contributed by atoms with E-state index < -0.39 is 153 Å². The van der Waals surface area contributed by atoms with Crippen LogP contribution in [0.1, 0.15) is 0 Å². The minimum absolute atomic E-state index is 0.892. The number of ether oxygens (including phenoxy) is 10. The Hall–Kier alpha value is -1.49. The van der Waals surface area contributed by atoms with Crippen LogP contribution in [0.15, 0.2) is 0 Å². The van der Waals surface area contributed by atoms with Gasteiger partial charge in [0, 0.05) is 35.5 Å². The molecule has 3 rings (SSSR count). The SMILES string of the molecule is CO[C@@H]1[C@@H](OC)[C@H](O[C@H]2[C@H](OS(=O)(=O)O)[C@@H](OS(=O)(=O)O)[C@@H](O)O[C@@H]2COS(=O)(=O)O)O[C@H](C(=O)O)[C@H]1O[C@H]1O[C@H](COS(=O)(=O)O)[C@@H](OC)[C@H](OC)[C@H]1OC. The number of hydrogen-bond acceptors (Lipinski definition) is 24. The van der Waals surface area contributed by atoms with Crippen molar-refractivity contribution in [3.63, 3.8) is 0 Å². The molecule has 56 heavy (non-hydrogen) atoms. The summed E-state index contributed by atoms with van der Waals surface area (Å²) < 4.78 is 202. The predicted molar refractivity (Wildman–Crippen MR) is 167 cm³/mol. The van der Waals surface area contributed by atoms with Crippen molar-refractivity contribution in [3.05, 3.63) is 0 Å². The Morgan fingerprint density at radius 1 is 0.500 bits per heavy atom. The van der Waals surface area contributed by atoms with Crippen LogP contribution in [-0.2, 0) is 110 Å². The van der Waals surface area contributed by atoms with Gasteiger partial charge in [0.15, 0.2) is 31.1 Å². The molecular weight excluding hydrogens is 868 g/mol. The first-order valence-corrected chi connectivity index (χ1v) is 20.6. The van der Waals surface area contributed by atoms with E-state index in [1.54, 1.807) is 0 Å². The highest BCUT2D eigenvalue weighted by Crippen LogP contribution is 2.37. The van der Waals surface area contributed by atoms with Gasteiger partial charge in [-0.25, -0.2) is 21.5 Å². The Kier molecular flexibility index (Phi) is 17.2. The van der Waals surface area contributed by atoms with Gasteiger partial charge in [-0.1, -0.05) is 0 Å². The van der Waals surface area contributed by atoms with Crippen LogP contribution in [0, 0.1) is 0 Å². The van der Waals surface area contributed by atoms with Crippen LogP contribution in [0.25, 0.3) is 0 Å². The topological polar surface area (TPSA) is 404 Å². The maximum Gasteiger partial charge on any atom is 0.397 e. The van der Waals surface area contributed by atoms with E-state index >= 15 is 0 Å². The molecule has 6 N–H and O–H groups in total. The van der Waals surface area contributed by atoms with Gasteiger partial charge in [-0.05, 0) is 0 Å².